The van der Waals surface area contributed by atoms with Crippen molar-refractivity contribution < 1.29 is 14.0 Å². The number of para-hydroxylation sites is 1. The zero-order chi connectivity index (χ0) is 23.4. The van der Waals surface area contributed by atoms with Gasteiger partial charge in [-0.15, -0.1) is 0 Å². The molecule has 0 bridgehead atoms. The molecule has 1 aliphatic rings. The molecule has 0 saturated carbocycles. The first-order valence-electron chi connectivity index (χ1n) is 11.1. The molecule has 0 spiro atoms. The van der Waals surface area contributed by atoms with Crippen LogP contribution in [-0.2, 0) is 6.54 Å². The van der Waals surface area contributed by atoms with E-state index in [1.54, 1.807) is 24.3 Å². The molecule has 7 heteroatoms. The van der Waals surface area contributed by atoms with Crippen LogP contribution in [0.3, 0.4) is 0 Å². The molecule has 3 aromatic rings. The molecule has 2 aromatic carbocycles. The average Bonchev–Trinajstić information content (AvgIpc) is 3.49. The monoisotopic (exact) mass is 444 g/mol. The third-order valence-electron chi connectivity index (χ3n) is 5.60. The Hall–Kier alpha value is -3.87. The summed E-state index contributed by atoms with van der Waals surface area (Å²) in [5.74, 6) is 1.07. The van der Waals surface area contributed by atoms with E-state index in [4.69, 9.17) is 4.42 Å². The van der Waals surface area contributed by atoms with Gasteiger partial charge >= 0.3 is 0 Å². The lowest BCUT2D eigenvalue weighted by Crippen LogP contribution is -2.31. The third-order valence-corrected chi connectivity index (χ3v) is 5.60. The lowest BCUT2D eigenvalue weighted by molar-refractivity contribution is 0.0993. The summed E-state index contributed by atoms with van der Waals surface area (Å²) in [7, 11) is 0. The van der Waals surface area contributed by atoms with Crippen LogP contribution in [0.2, 0.25) is 0 Å². The average molecular weight is 445 g/mol. The Kier molecular flexibility index (Phi) is 6.58. The predicted molar refractivity (Wildman–Crippen MR) is 130 cm³/mol. The molecule has 1 aliphatic heterocycles. The molecule has 0 radical (unpaired) electrons. The van der Waals surface area contributed by atoms with Crippen molar-refractivity contribution in [2.24, 2.45) is 10.9 Å². The summed E-state index contributed by atoms with van der Waals surface area (Å²) in [5, 5.41) is 5.85. The van der Waals surface area contributed by atoms with Crippen molar-refractivity contribution in [1.82, 2.24) is 4.90 Å². The molecule has 2 heterocycles. The number of nitrogens with one attached hydrogen (secondary N) is 2. The summed E-state index contributed by atoms with van der Waals surface area (Å²) in [6, 6.07) is 16.3. The molecule has 7 nitrogen and oxygen atoms in total. The Labute approximate surface area is 193 Å². The van der Waals surface area contributed by atoms with Gasteiger partial charge in [-0.3, -0.25) is 14.6 Å². The molecule has 0 atom stereocenters. The summed E-state index contributed by atoms with van der Waals surface area (Å²) < 4.78 is 5.15. The van der Waals surface area contributed by atoms with Gasteiger partial charge in [0.15, 0.2) is 5.76 Å². The van der Waals surface area contributed by atoms with E-state index in [2.05, 4.69) is 34.4 Å². The number of rotatable bonds is 7. The fourth-order valence-corrected chi connectivity index (χ4v) is 3.88. The molecule has 2 N–H and O–H groups in total. The van der Waals surface area contributed by atoms with Crippen LogP contribution in [0.1, 0.15) is 45.9 Å². The van der Waals surface area contributed by atoms with Gasteiger partial charge in [0.2, 0.25) is 0 Å². The highest BCUT2D eigenvalue weighted by atomic mass is 16.3. The number of anilines is 2. The van der Waals surface area contributed by atoms with Crippen molar-refractivity contribution >= 4 is 29.0 Å². The maximum atomic E-state index is 13.1. The number of amides is 2. The molecule has 2 amide bonds. The van der Waals surface area contributed by atoms with Gasteiger partial charge in [-0.2, -0.15) is 0 Å². The fourth-order valence-electron chi connectivity index (χ4n) is 3.88. The second-order valence-electron chi connectivity index (χ2n) is 8.39. The third kappa shape index (κ3) is 5.14. The van der Waals surface area contributed by atoms with Crippen molar-refractivity contribution in [3.63, 3.8) is 0 Å². The molecule has 170 valence electrons. The zero-order valence-corrected chi connectivity index (χ0v) is 19.1. The van der Waals surface area contributed by atoms with Gasteiger partial charge in [-0.1, -0.05) is 38.1 Å². The summed E-state index contributed by atoms with van der Waals surface area (Å²) in [4.78, 5) is 32.3. The van der Waals surface area contributed by atoms with E-state index in [1.165, 1.54) is 6.26 Å². The number of carbonyl (C=O) groups is 2. The van der Waals surface area contributed by atoms with E-state index < -0.39 is 0 Å². The highest BCUT2D eigenvalue weighted by Gasteiger charge is 2.21. The van der Waals surface area contributed by atoms with Gasteiger partial charge in [0, 0.05) is 35.9 Å². The van der Waals surface area contributed by atoms with Crippen molar-refractivity contribution in [2.75, 3.05) is 23.7 Å². The standard InChI is InChI=1S/C26H28N4O3/c1-17(2)24-27-12-13-30(24)16-20-7-4-5-8-21(20)28-25(31)19-11-10-18(3)22(15-19)29-26(32)23-9-6-14-33-23/h4-11,14-15,17H,12-13,16H2,1-3H3,(H,28,31)(H,29,32). The number of aryl methyl sites for hydroxylation is 1. The topological polar surface area (TPSA) is 86.9 Å². The summed E-state index contributed by atoms with van der Waals surface area (Å²) in [6.07, 6.45) is 1.45. The number of carbonyl (C=O) groups excluding carboxylic acids is 2. The van der Waals surface area contributed by atoms with E-state index in [9.17, 15) is 9.59 Å². The number of hydrogen-bond acceptors (Lipinski definition) is 5. The summed E-state index contributed by atoms with van der Waals surface area (Å²) in [6.45, 7) is 8.53. The number of amidine groups is 1. The zero-order valence-electron chi connectivity index (χ0n) is 19.1. The number of furan rings is 1. The molecule has 1 aromatic heterocycles. The van der Waals surface area contributed by atoms with E-state index in [0.717, 1.165) is 35.7 Å². The Balaban J connectivity index is 1.50. The maximum absolute atomic E-state index is 13.1. The van der Waals surface area contributed by atoms with Crippen LogP contribution in [0.4, 0.5) is 11.4 Å². The minimum atomic E-state index is -0.362. The minimum absolute atomic E-state index is 0.212. The first-order chi connectivity index (χ1) is 15.9. The van der Waals surface area contributed by atoms with E-state index in [-0.39, 0.29) is 17.6 Å². The predicted octanol–water partition coefficient (Wildman–Crippen LogP) is 4.96. The second kappa shape index (κ2) is 9.73. The largest absolute Gasteiger partial charge is 0.459 e. The highest BCUT2D eigenvalue weighted by Crippen LogP contribution is 2.23. The maximum Gasteiger partial charge on any atom is 0.291 e. The smallest absolute Gasteiger partial charge is 0.291 e. The summed E-state index contributed by atoms with van der Waals surface area (Å²) in [5.41, 5.74) is 3.66. The van der Waals surface area contributed by atoms with Gasteiger partial charge in [0.05, 0.1) is 12.8 Å². The Morgan fingerprint density at radius 2 is 1.82 bits per heavy atom. The SMILES string of the molecule is Cc1ccc(C(=O)Nc2ccccc2CN2CCN=C2C(C)C)cc1NC(=O)c1ccco1. The first kappa shape index (κ1) is 22.3. The number of aliphatic imine (C=N–C) groups is 1. The Bertz CT molecular complexity index is 1180. The molecular weight excluding hydrogens is 416 g/mol. The van der Waals surface area contributed by atoms with Crippen LogP contribution in [0, 0.1) is 12.8 Å². The van der Waals surface area contributed by atoms with Crippen LogP contribution in [0.15, 0.2) is 70.3 Å². The quantitative estimate of drug-likeness (QED) is 0.539. The lowest BCUT2D eigenvalue weighted by atomic mass is 10.1. The lowest BCUT2D eigenvalue weighted by Gasteiger charge is -2.24. The van der Waals surface area contributed by atoms with Crippen molar-refractivity contribution in [3.05, 3.63) is 83.3 Å². The Morgan fingerprint density at radius 1 is 1.03 bits per heavy atom. The van der Waals surface area contributed by atoms with Gasteiger partial charge < -0.3 is 20.0 Å². The minimum Gasteiger partial charge on any atom is -0.459 e. The molecule has 0 saturated heterocycles. The summed E-state index contributed by atoms with van der Waals surface area (Å²) >= 11 is 0. The van der Waals surface area contributed by atoms with Gasteiger partial charge in [0.1, 0.15) is 5.84 Å². The van der Waals surface area contributed by atoms with Gasteiger partial charge in [-0.05, 0) is 48.4 Å². The second-order valence-corrected chi connectivity index (χ2v) is 8.39. The van der Waals surface area contributed by atoms with E-state index in [1.807, 2.05) is 37.3 Å². The Morgan fingerprint density at radius 3 is 2.58 bits per heavy atom. The fraction of sp³-hybridized carbons (Fsp3) is 0.269. The van der Waals surface area contributed by atoms with Gasteiger partial charge in [-0.25, -0.2) is 0 Å². The van der Waals surface area contributed by atoms with Crippen molar-refractivity contribution in [1.29, 1.82) is 0 Å². The first-order valence-corrected chi connectivity index (χ1v) is 11.1. The van der Waals surface area contributed by atoms with Crippen LogP contribution >= 0.6 is 0 Å². The van der Waals surface area contributed by atoms with Crippen molar-refractivity contribution in [2.45, 2.75) is 27.3 Å². The normalized spacial score (nSPS) is 13.2. The molecule has 0 aliphatic carbocycles. The van der Waals surface area contributed by atoms with E-state index >= 15 is 0 Å². The molecule has 0 fully saturated rings. The number of nitrogens with zero attached hydrogens (tertiary/aromatic N) is 2. The molecular formula is C26H28N4O3. The number of hydrogen-bond donors (Lipinski definition) is 2. The molecule has 4 rings (SSSR count). The molecule has 33 heavy (non-hydrogen) atoms. The molecule has 0 unspecified atom stereocenters. The van der Waals surface area contributed by atoms with Crippen LogP contribution < -0.4 is 10.6 Å². The van der Waals surface area contributed by atoms with Crippen LogP contribution in [-0.4, -0.2) is 35.6 Å². The number of benzene rings is 2. The highest BCUT2D eigenvalue weighted by molar-refractivity contribution is 6.07. The van der Waals surface area contributed by atoms with Crippen LogP contribution in [0.5, 0.6) is 0 Å². The van der Waals surface area contributed by atoms with Gasteiger partial charge in [0.25, 0.3) is 11.8 Å². The van der Waals surface area contributed by atoms with Crippen LogP contribution in [0.25, 0.3) is 0 Å². The van der Waals surface area contributed by atoms with E-state index in [0.29, 0.717) is 23.7 Å². The van der Waals surface area contributed by atoms with Crippen molar-refractivity contribution in [3.8, 4) is 0 Å².